The molecule has 4 rings (SSSR count). The number of H-pyrrole nitrogens is 1. The van der Waals surface area contributed by atoms with Crippen LogP contribution in [-0.2, 0) is 30.2 Å². The molecule has 0 spiro atoms. The molecule has 178 valence electrons. The van der Waals surface area contributed by atoms with Gasteiger partial charge in [0.15, 0.2) is 11.2 Å². The maximum atomic E-state index is 13.0. The van der Waals surface area contributed by atoms with Gasteiger partial charge in [-0.1, -0.05) is 37.1 Å². The maximum Gasteiger partial charge on any atom is 0.330 e. The van der Waals surface area contributed by atoms with Crippen LogP contribution in [-0.4, -0.2) is 62.9 Å². The van der Waals surface area contributed by atoms with Gasteiger partial charge in [0.1, 0.15) is 10.7 Å². The first-order valence-electron chi connectivity index (χ1n) is 10.9. The van der Waals surface area contributed by atoms with E-state index < -0.39 is 21.3 Å². The monoisotopic (exact) mass is 494 g/mol. The first kappa shape index (κ1) is 23.7. The molecule has 0 saturated carbocycles. The van der Waals surface area contributed by atoms with Gasteiger partial charge in [-0.05, 0) is 18.6 Å². The average molecular weight is 495 g/mol. The minimum absolute atomic E-state index is 0.111. The molecule has 1 aliphatic rings. The number of hydrogen-bond donors (Lipinski definition) is 1. The number of aryl methyl sites for hydroxylation is 2. The standard InChI is InChI=1S/C21H27ClN6O4S/c1-3-4-9-28-19-18(20(29)24-21(28)30)25(2)17(23-19)14-26-10-12-27(13-11-26)33(31,32)16-8-6-5-7-15(16)22/h5-8H,3-4,9-14H2,1-2H3,(H,24,29,30). The van der Waals surface area contributed by atoms with E-state index in [1.807, 2.05) is 6.92 Å². The fraction of sp³-hybridized carbons (Fsp3) is 0.476. The molecule has 1 fully saturated rings. The number of imidazole rings is 1. The molecule has 1 aliphatic heterocycles. The Kier molecular flexibility index (Phi) is 6.76. The Labute approximate surface area is 196 Å². The lowest BCUT2D eigenvalue weighted by Gasteiger charge is -2.33. The quantitative estimate of drug-likeness (QED) is 0.531. The molecule has 0 aliphatic carbocycles. The molecule has 12 heteroatoms. The number of piperazine rings is 1. The molecule has 0 atom stereocenters. The summed E-state index contributed by atoms with van der Waals surface area (Å²) in [6.45, 7) is 4.60. The third kappa shape index (κ3) is 4.50. The van der Waals surface area contributed by atoms with Crippen LogP contribution in [0.4, 0.5) is 0 Å². The molecule has 0 radical (unpaired) electrons. The van der Waals surface area contributed by atoms with E-state index in [1.54, 1.807) is 29.8 Å². The number of halogens is 1. The summed E-state index contributed by atoms with van der Waals surface area (Å²) >= 11 is 6.11. The van der Waals surface area contributed by atoms with Crippen LogP contribution in [0.25, 0.3) is 11.2 Å². The zero-order chi connectivity index (χ0) is 23.8. The number of aromatic nitrogens is 4. The fourth-order valence-corrected chi connectivity index (χ4v) is 5.99. The number of fused-ring (bicyclic) bond motifs is 1. The molecule has 0 unspecified atom stereocenters. The topological polar surface area (TPSA) is 113 Å². The van der Waals surface area contributed by atoms with Crippen LogP contribution in [0.2, 0.25) is 5.02 Å². The molecule has 33 heavy (non-hydrogen) atoms. The Bertz CT molecular complexity index is 1390. The summed E-state index contributed by atoms with van der Waals surface area (Å²) < 4.78 is 30.6. The smallest absolute Gasteiger partial charge is 0.324 e. The zero-order valence-electron chi connectivity index (χ0n) is 18.6. The highest BCUT2D eigenvalue weighted by Gasteiger charge is 2.30. The summed E-state index contributed by atoms with van der Waals surface area (Å²) in [5.41, 5.74) is -0.168. The van der Waals surface area contributed by atoms with Gasteiger partial charge >= 0.3 is 5.69 Å². The second-order valence-electron chi connectivity index (χ2n) is 8.13. The summed E-state index contributed by atoms with van der Waals surface area (Å²) in [5, 5.41) is 0.207. The first-order valence-corrected chi connectivity index (χ1v) is 12.7. The summed E-state index contributed by atoms with van der Waals surface area (Å²) in [7, 11) is -1.92. The van der Waals surface area contributed by atoms with E-state index in [0.717, 1.165) is 12.8 Å². The van der Waals surface area contributed by atoms with Gasteiger partial charge in [-0.3, -0.25) is 19.2 Å². The normalized spacial score (nSPS) is 16.0. The first-order chi connectivity index (χ1) is 15.7. The largest absolute Gasteiger partial charge is 0.330 e. The number of nitrogens with one attached hydrogen (secondary N) is 1. The summed E-state index contributed by atoms with van der Waals surface area (Å²) in [6.07, 6.45) is 1.71. The van der Waals surface area contributed by atoms with Crippen LogP contribution in [0.1, 0.15) is 25.6 Å². The Morgan fingerprint density at radius 1 is 1.12 bits per heavy atom. The predicted molar refractivity (Wildman–Crippen MR) is 126 cm³/mol. The third-order valence-electron chi connectivity index (χ3n) is 5.99. The van der Waals surface area contributed by atoms with E-state index >= 15 is 0 Å². The van der Waals surface area contributed by atoms with Gasteiger partial charge in [0.25, 0.3) is 5.56 Å². The van der Waals surface area contributed by atoms with Gasteiger partial charge in [0.05, 0.1) is 11.6 Å². The van der Waals surface area contributed by atoms with E-state index in [9.17, 15) is 18.0 Å². The molecule has 1 aromatic carbocycles. The van der Waals surface area contributed by atoms with Crippen molar-refractivity contribution in [2.75, 3.05) is 26.2 Å². The van der Waals surface area contributed by atoms with E-state index in [4.69, 9.17) is 11.6 Å². The summed E-state index contributed by atoms with van der Waals surface area (Å²) in [6, 6.07) is 6.43. The SMILES string of the molecule is CCCCn1c(=O)[nH]c(=O)c2c1nc(CN1CCN(S(=O)(=O)c3ccccc3Cl)CC1)n2C. The van der Waals surface area contributed by atoms with Crippen molar-refractivity contribution in [3.63, 3.8) is 0 Å². The van der Waals surface area contributed by atoms with Crippen molar-refractivity contribution in [3.8, 4) is 0 Å². The number of benzene rings is 1. The third-order valence-corrected chi connectivity index (χ3v) is 8.39. The lowest BCUT2D eigenvalue weighted by atomic mass is 10.3. The number of aromatic amines is 1. The lowest BCUT2D eigenvalue weighted by Crippen LogP contribution is -2.48. The number of unbranched alkanes of at least 4 members (excludes halogenated alkanes) is 1. The van der Waals surface area contributed by atoms with Crippen LogP contribution >= 0.6 is 11.6 Å². The van der Waals surface area contributed by atoms with Gasteiger partial charge < -0.3 is 4.57 Å². The van der Waals surface area contributed by atoms with Crippen molar-refractivity contribution in [1.82, 2.24) is 28.3 Å². The number of hydrogen-bond acceptors (Lipinski definition) is 6. The van der Waals surface area contributed by atoms with Crippen molar-refractivity contribution in [3.05, 3.63) is 56.0 Å². The van der Waals surface area contributed by atoms with Crippen molar-refractivity contribution in [2.45, 2.75) is 37.8 Å². The highest BCUT2D eigenvalue weighted by molar-refractivity contribution is 7.89. The van der Waals surface area contributed by atoms with Gasteiger partial charge in [0, 0.05) is 39.8 Å². The Morgan fingerprint density at radius 3 is 2.48 bits per heavy atom. The molecule has 0 bridgehead atoms. The molecule has 10 nitrogen and oxygen atoms in total. The lowest BCUT2D eigenvalue weighted by molar-refractivity contribution is 0.177. The van der Waals surface area contributed by atoms with Gasteiger partial charge in [-0.2, -0.15) is 4.31 Å². The molecular weight excluding hydrogens is 468 g/mol. The number of nitrogens with zero attached hydrogens (tertiary/aromatic N) is 5. The Hall–Kier alpha value is -2.47. The molecule has 1 N–H and O–H groups in total. The molecular formula is C21H27ClN6O4S. The maximum absolute atomic E-state index is 13.0. The average Bonchev–Trinajstić information content (AvgIpc) is 3.10. The van der Waals surface area contributed by atoms with Gasteiger partial charge in [-0.25, -0.2) is 18.2 Å². The highest BCUT2D eigenvalue weighted by atomic mass is 35.5. The molecule has 0 amide bonds. The van der Waals surface area contributed by atoms with Crippen LogP contribution in [0.5, 0.6) is 0 Å². The van der Waals surface area contributed by atoms with E-state index in [1.165, 1.54) is 14.9 Å². The molecule has 3 aromatic rings. The van der Waals surface area contributed by atoms with Gasteiger partial charge in [-0.15, -0.1) is 0 Å². The van der Waals surface area contributed by atoms with Crippen LogP contribution in [0.15, 0.2) is 38.8 Å². The number of rotatable bonds is 7. The van der Waals surface area contributed by atoms with E-state index in [0.29, 0.717) is 56.3 Å². The van der Waals surface area contributed by atoms with Crippen LogP contribution < -0.4 is 11.2 Å². The van der Waals surface area contributed by atoms with Crippen molar-refractivity contribution >= 4 is 32.8 Å². The van der Waals surface area contributed by atoms with E-state index in [2.05, 4.69) is 14.9 Å². The summed E-state index contributed by atoms with van der Waals surface area (Å²) in [4.78, 5) is 34.0. The fourth-order valence-electron chi connectivity index (χ4n) is 4.08. The molecule has 2 aromatic heterocycles. The van der Waals surface area contributed by atoms with Crippen molar-refractivity contribution < 1.29 is 8.42 Å². The second kappa shape index (κ2) is 9.41. The van der Waals surface area contributed by atoms with Crippen LogP contribution in [0, 0.1) is 0 Å². The van der Waals surface area contributed by atoms with Gasteiger partial charge in [0.2, 0.25) is 10.0 Å². The molecule has 1 saturated heterocycles. The van der Waals surface area contributed by atoms with Crippen LogP contribution in [0.3, 0.4) is 0 Å². The number of sulfonamides is 1. The minimum atomic E-state index is -3.67. The minimum Gasteiger partial charge on any atom is -0.324 e. The zero-order valence-corrected chi connectivity index (χ0v) is 20.2. The second-order valence-corrected chi connectivity index (χ2v) is 10.4. The summed E-state index contributed by atoms with van der Waals surface area (Å²) in [5.74, 6) is 0.647. The van der Waals surface area contributed by atoms with E-state index in [-0.39, 0.29) is 9.92 Å². The predicted octanol–water partition coefficient (Wildman–Crippen LogP) is 1.38. The Morgan fingerprint density at radius 2 is 1.82 bits per heavy atom. The Balaban J connectivity index is 1.53. The highest BCUT2D eigenvalue weighted by Crippen LogP contribution is 2.25. The van der Waals surface area contributed by atoms with Crippen molar-refractivity contribution in [1.29, 1.82) is 0 Å². The molecule has 3 heterocycles. The van der Waals surface area contributed by atoms with Crippen molar-refractivity contribution in [2.24, 2.45) is 7.05 Å².